The summed E-state index contributed by atoms with van der Waals surface area (Å²) >= 11 is 3.02. The number of nitrogens with two attached hydrogens (primary N) is 1. The average molecular weight is 363 g/mol. The molecule has 0 fully saturated rings. The van der Waals surface area contributed by atoms with Gasteiger partial charge in [-0.05, 0) is 34.1 Å². The van der Waals surface area contributed by atoms with Gasteiger partial charge < -0.3 is 5.73 Å². The van der Waals surface area contributed by atoms with Gasteiger partial charge in [0.15, 0.2) is 0 Å². The molecule has 0 saturated heterocycles. The highest BCUT2D eigenvalue weighted by atomic mass is 79.9. The predicted octanol–water partition coefficient (Wildman–Crippen LogP) is 1.38. The van der Waals surface area contributed by atoms with Gasteiger partial charge >= 0.3 is 0 Å². The number of nitrogens with zero attached hydrogens (tertiary/aromatic N) is 2. The first-order valence-electron chi connectivity index (χ1n) is 5.52. The molecule has 0 aliphatic carbocycles. The number of hydrogen-bond donors (Lipinski definition) is 2. The van der Waals surface area contributed by atoms with Gasteiger partial charge in [-0.1, -0.05) is 0 Å². The molecule has 2 aromatic rings. The summed E-state index contributed by atoms with van der Waals surface area (Å²) in [5.41, 5.74) is 5.87. The van der Waals surface area contributed by atoms with Crippen LogP contribution in [-0.4, -0.2) is 18.2 Å². The van der Waals surface area contributed by atoms with E-state index < -0.39 is 15.8 Å². The van der Waals surface area contributed by atoms with Gasteiger partial charge in [-0.3, -0.25) is 4.68 Å². The quantitative estimate of drug-likeness (QED) is 0.804. The Balaban J connectivity index is 2.27. The van der Waals surface area contributed by atoms with Crippen molar-refractivity contribution in [2.24, 2.45) is 7.05 Å². The van der Waals surface area contributed by atoms with Gasteiger partial charge in [0.25, 0.3) is 0 Å². The van der Waals surface area contributed by atoms with E-state index in [2.05, 4.69) is 25.8 Å². The van der Waals surface area contributed by atoms with Crippen LogP contribution in [0.1, 0.15) is 5.69 Å². The number of anilines is 1. The number of aromatic nitrogens is 2. The lowest BCUT2D eigenvalue weighted by atomic mass is 10.3. The highest BCUT2D eigenvalue weighted by Crippen LogP contribution is 2.26. The molecule has 1 aromatic heterocycles. The van der Waals surface area contributed by atoms with E-state index in [0.29, 0.717) is 5.69 Å². The summed E-state index contributed by atoms with van der Waals surface area (Å²) in [7, 11) is -2.10. The number of benzene rings is 1. The molecule has 0 unspecified atom stereocenters. The second-order valence-corrected chi connectivity index (χ2v) is 6.66. The van der Waals surface area contributed by atoms with E-state index >= 15 is 0 Å². The topological polar surface area (TPSA) is 90.0 Å². The molecule has 20 heavy (non-hydrogen) atoms. The van der Waals surface area contributed by atoms with E-state index in [9.17, 15) is 12.8 Å². The van der Waals surface area contributed by atoms with Crippen molar-refractivity contribution in [1.29, 1.82) is 0 Å². The van der Waals surface area contributed by atoms with Crippen LogP contribution in [0.25, 0.3) is 0 Å². The number of aryl methyl sites for hydroxylation is 1. The Morgan fingerprint density at radius 2 is 2.20 bits per heavy atom. The van der Waals surface area contributed by atoms with Gasteiger partial charge in [0.1, 0.15) is 5.82 Å². The summed E-state index contributed by atoms with van der Waals surface area (Å²) in [5.74, 6) is -0.678. The van der Waals surface area contributed by atoms with E-state index in [1.807, 2.05) is 0 Å². The molecule has 0 aliphatic rings. The first kappa shape index (κ1) is 14.9. The second-order valence-electron chi connectivity index (χ2n) is 4.07. The number of rotatable bonds is 4. The van der Waals surface area contributed by atoms with Crippen molar-refractivity contribution in [3.05, 3.63) is 40.4 Å². The average Bonchev–Trinajstić information content (AvgIpc) is 2.77. The fourth-order valence-corrected chi connectivity index (χ4v) is 3.62. The van der Waals surface area contributed by atoms with Gasteiger partial charge in [-0.2, -0.15) is 5.10 Å². The molecule has 108 valence electrons. The lowest BCUT2D eigenvalue weighted by molar-refractivity contribution is 0.576. The molecule has 1 heterocycles. The van der Waals surface area contributed by atoms with Crippen LogP contribution in [-0.2, 0) is 23.6 Å². The molecule has 1 aromatic carbocycles. The number of hydrogen-bond acceptors (Lipinski definition) is 4. The minimum atomic E-state index is -3.81. The van der Waals surface area contributed by atoms with E-state index in [1.165, 1.54) is 0 Å². The lowest BCUT2D eigenvalue weighted by Gasteiger charge is -2.10. The minimum Gasteiger partial charge on any atom is -0.396 e. The maximum Gasteiger partial charge on any atom is 0.242 e. The highest BCUT2D eigenvalue weighted by molar-refractivity contribution is 9.10. The van der Waals surface area contributed by atoms with E-state index in [-0.39, 0.29) is 21.6 Å². The fourth-order valence-electron chi connectivity index (χ4n) is 1.57. The van der Waals surface area contributed by atoms with Crippen molar-refractivity contribution in [1.82, 2.24) is 14.5 Å². The number of sulfonamides is 1. The van der Waals surface area contributed by atoms with E-state index in [4.69, 9.17) is 5.73 Å². The smallest absolute Gasteiger partial charge is 0.242 e. The Morgan fingerprint density at radius 1 is 1.50 bits per heavy atom. The zero-order valence-electron chi connectivity index (χ0n) is 10.5. The van der Waals surface area contributed by atoms with Gasteiger partial charge in [0.05, 0.1) is 22.8 Å². The van der Waals surface area contributed by atoms with E-state index in [1.54, 1.807) is 24.0 Å². The summed E-state index contributed by atoms with van der Waals surface area (Å²) in [6.45, 7) is 0.0720. The summed E-state index contributed by atoms with van der Waals surface area (Å²) in [6.07, 6.45) is 1.56. The van der Waals surface area contributed by atoms with Crippen LogP contribution >= 0.6 is 15.9 Å². The van der Waals surface area contributed by atoms with E-state index in [0.717, 1.165) is 12.1 Å². The number of halogens is 2. The van der Waals surface area contributed by atoms with Crippen molar-refractivity contribution in [3.8, 4) is 0 Å². The molecule has 0 aliphatic heterocycles. The van der Waals surface area contributed by atoms with Gasteiger partial charge in [0, 0.05) is 17.7 Å². The zero-order valence-corrected chi connectivity index (χ0v) is 12.9. The normalized spacial score (nSPS) is 11.8. The maximum absolute atomic E-state index is 13.2. The predicted molar refractivity (Wildman–Crippen MR) is 75.7 cm³/mol. The van der Waals surface area contributed by atoms with Crippen molar-refractivity contribution in [2.45, 2.75) is 11.4 Å². The second kappa shape index (κ2) is 5.51. The summed E-state index contributed by atoms with van der Waals surface area (Å²) in [4.78, 5) is -0.112. The van der Waals surface area contributed by atoms with Crippen molar-refractivity contribution in [3.63, 3.8) is 0 Å². The lowest BCUT2D eigenvalue weighted by Crippen LogP contribution is -2.25. The minimum absolute atomic E-state index is 0.0720. The molecular formula is C11H12BrFN4O2S. The first-order chi connectivity index (χ1) is 9.31. The van der Waals surface area contributed by atoms with Crippen LogP contribution in [0.4, 0.5) is 10.1 Å². The largest absolute Gasteiger partial charge is 0.396 e. The van der Waals surface area contributed by atoms with Crippen LogP contribution in [0.5, 0.6) is 0 Å². The van der Waals surface area contributed by atoms with Gasteiger partial charge in [-0.15, -0.1) is 0 Å². The highest BCUT2D eigenvalue weighted by Gasteiger charge is 2.20. The summed E-state index contributed by atoms with van der Waals surface area (Å²) in [6, 6.07) is 3.79. The molecule has 3 N–H and O–H groups in total. The van der Waals surface area contributed by atoms with Crippen LogP contribution in [0.2, 0.25) is 0 Å². The number of nitrogens with one attached hydrogen (secondary N) is 1. The molecule has 6 nitrogen and oxygen atoms in total. The Morgan fingerprint density at radius 3 is 2.80 bits per heavy atom. The monoisotopic (exact) mass is 362 g/mol. The molecule has 0 amide bonds. The standard InChI is InChI=1S/C11H12BrFN4O2S/c1-17-7(2-3-15-17)6-16-20(18,19)11-5-10(14)9(13)4-8(11)12/h2-5,16H,6,14H2,1H3. The molecule has 0 saturated carbocycles. The molecule has 2 rings (SSSR count). The SMILES string of the molecule is Cn1nccc1CNS(=O)(=O)c1cc(N)c(F)cc1Br. The van der Waals surface area contributed by atoms with Crippen molar-refractivity contribution >= 4 is 31.6 Å². The molecular weight excluding hydrogens is 351 g/mol. The third-order valence-corrected chi connectivity index (χ3v) is 5.07. The third-order valence-electron chi connectivity index (χ3n) is 2.71. The third kappa shape index (κ3) is 3.00. The van der Waals surface area contributed by atoms with Crippen LogP contribution in [0, 0.1) is 5.82 Å². The maximum atomic E-state index is 13.2. The van der Waals surface area contributed by atoms with Crippen molar-refractivity contribution < 1.29 is 12.8 Å². The Labute approximate surface area is 124 Å². The molecule has 0 bridgehead atoms. The summed E-state index contributed by atoms with van der Waals surface area (Å²) < 4.78 is 41.7. The van der Waals surface area contributed by atoms with Crippen LogP contribution < -0.4 is 10.5 Å². The molecule has 0 spiro atoms. The van der Waals surface area contributed by atoms with Crippen molar-refractivity contribution in [2.75, 3.05) is 5.73 Å². The van der Waals surface area contributed by atoms with Gasteiger partial charge in [-0.25, -0.2) is 17.5 Å². The number of nitrogen functional groups attached to an aromatic ring is 1. The summed E-state index contributed by atoms with van der Waals surface area (Å²) in [5, 5.41) is 3.94. The fraction of sp³-hybridized carbons (Fsp3) is 0.182. The molecule has 0 atom stereocenters. The van der Waals surface area contributed by atoms with Crippen LogP contribution in [0.3, 0.4) is 0 Å². The Bertz CT molecular complexity index is 745. The van der Waals surface area contributed by atoms with Gasteiger partial charge in [0.2, 0.25) is 10.0 Å². The molecule has 0 radical (unpaired) electrons. The zero-order chi connectivity index (χ0) is 14.9. The molecule has 9 heteroatoms. The first-order valence-corrected chi connectivity index (χ1v) is 7.80. The Hall–Kier alpha value is -1.45. The Kier molecular flexibility index (Phi) is 4.11. The van der Waals surface area contributed by atoms with Crippen LogP contribution in [0.15, 0.2) is 33.8 Å².